The summed E-state index contributed by atoms with van der Waals surface area (Å²) in [5.74, 6) is -2.04. The zero-order valence-electron chi connectivity index (χ0n) is 41.0. The second-order valence-electron chi connectivity index (χ2n) is 17.5. The van der Waals surface area contributed by atoms with Crippen molar-refractivity contribution in [2.24, 2.45) is 13.0 Å². The number of nitrogens with one attached hydrogen (secondary N) is 3. The number of nitrogens with zero attached hydrogens (tertiary/aromatic N) is 10. The first-order valence-electron chi connectivity index (χ1n) is 22.8. The first-order valence-corrected chi connectivity index (χ1v) is 28.7. The summed E-state index contributed by atoms with van der Waals surface area (Å²) in [5, 5.41) is 35.3. The van der Waals surface area contributed by atoms with E-state index in [0.717, 1.165) is 30.7 Å². The number of amides is 1. The largest absolute Gasteiger partial charge is 0.490 e. The molecule has 3 saturated heterocycles. The Morgan fingerprint density at radius 2 is 1.32 bits per heavy atom. The number of fused-ring (bicyclic) bond motifs is 3. The molecule has 1 amide bonds. The van der Waals surface area contributed by atoms with Crippen LogP contribution in [0.5, 0.6) is 0 Å². The van der Waals surface area contributed by atoms with Crippen molar-refractivity contribution in [1.82, 2.24) is 58.9 Å². The van der Waals surface area contributed by atoms with Crippen molar-refractivity contribution >= 4 is 88.6 Å². The van der Waals surface area contributed by atoms with Gasteiger partial charge in [0.2, 0.25) is 17.7 Å². The predicted molar refractivity (Wildman–Crippen MR) is 257 cm³/mol. The maximum Gasteiger partial charge on any atom is 0.490 e. The monoisotopic (exact) mass is 1220 g/mol. The number of aliphatic hydroxyl groups is 3. The van der Waals surface area contributed by atoms with E-state index in [1.807, 2.05) is 0 Å². The van der Waals surface area contributed by atoms with Gasteiger partial charge in [0.1, 0.15) is 61.2 Å². The highest BCUT2D eigenvalue weighted by Crippen LogP contribution is 2.68. The number of aryl methyl sites for hydroxylation is 1. The van der Waals surface area contributed by atoms with Crippen molar-refractivity contribution in [2.75, 3.05) is 57.8 Å². The van der Waals surface area contributed by atoms with Crippen LogP contribution in [-0.4, -0.2) is 184 Å². The van der Waals surface area contributed by atoms with Crippen molar-refractivity contribution in [1.29, 1.82) is 0 Å². The molecule has 16 atom stereocenters. The number of alkyl carbamates (subject to hydrolysis) is 1. The molecule has 0 saturated carbocycles. The van der Waals surface area contributed by atoms with Crippen molar-refractivity contribution < 1.29 is 113 Å². The van der Waals surface area contributed by atoms with E-state index in [4.69, 9.17) is 59.0 Å². The minimum Gasteiger partial charge on any atom is -0.449 e. The lowest BCUT2D eigenvalue weighted by molar-refractivity contribution is -0.745. The quantitative estimate of drug-likeness (QED) is 0.0241. The van der Waals surface area contributed by atoms with Crippen LogP contribution in [0.3, 0.4) is 0 Å². The third-order valence-electron chi connectivity index (χ3n) is 12.4. The van der Waals surface area contributed by atoms with Crippen LogP contribution in [0.25, 0.3) is 33.5 Å². The number of hydrogen-bond acceptors (Lipinski definition) is 30. The number of rotatable bonds is 21. The molecule has 0 aliphatic carbocycles. The van der Waals surface area contributed by atoms with Crippen LogP contribution in [0, 0.1) is 5.92 Å². The molecule has 41 nitrogen and oxygen atoms in total. The SMILES string of the molecule is CNC(=O)OC[C@H]1[C@@H](O)[C@H]([n+]2cn(C)c3c(=O)[nH]c(N)nc32)O[C@@H]1COP(=O)(O)OP(=O)(O)OP(=O)(O)OCC1O[C@@H](n2cnc3c(N)ncnc32)[C@H](OC)[C@@H]1OP(=O)(O)OC[C@H]1O[C@@H](n2cnc3c(=O)[nH]c(N)nc32)[C@H](O)[C@@H]1O. The zero-order chi connectivity index (χ0) is 58.0. The summed E-state index contributed by atoms with van der Waals surface area (Å²) < 4.78 is 115. The van der Waals surface area contributed by atoms with Gasteiger partial charge in [-0.05, 0) is 0 Å². The Morgan fingerprint density at radius 3 is 2.00 bits per heavy atom. The number of ether oxygens (including phenoxy) is 5. The van der Waals surface area contributed by atoms with E-state index in [0.29, 0.717) is 0 Å². The van der Waals surface area contributed by atoms with Gasteiger partial charge in [-0.1, -0.05) is 4.98 Å². The fraction of sp³-hybridized carbons (Fsp3) is 0.543. The molecule has 80 heavy (non-hydrogen) atoms. The number of phosphoric ester groups is 3. The molecule has 9 rings (SSSR count). The normalized spacial score (nSPS) is 29.2. The molecule has 0 bridgehead atoms. The highest BCUT2D eigenvalue weighted by Gasteiger charge is 2.54. The number of aromatic amines is 2. The summed E-state index contributed by atoms with van der Waals surface area (Å²) in [6.45, 7) is -4.00. The third kappa shape index (κ3) is 12.0. The Morgan fingerprint density at radius 1 is 0.725 bits per heavy atom. The molecular formula is C35H49N16O25P4+. The number of carbonyl (C=O) groups excluding carboxylic acids is 1. The van der Waals surface area contributed by atoms with Gasteiger partial charge >= 0.3 is 43.0 Å². The van der Waals surface area contributed by atoms with Crippen LogP contribution in [0.1, 0.15) is 18.7 Å². The molecule has 0 radical (unpaired) electrons. The Bertz CT molecular complexity index is 3640. The van der Waals surface area contributed by atoms with Crippen molar-refractivity contribution in [3.8, 4) is 0 Å². The topological polar surface area (TPSA) is 580 Å². The Labute approximate surface area is 443 Å². The molecule has 9 heterocycles. The number of anilines is 3. The number of phosphoric acid groups is 4. The van der Waals surface area contributed by atoms with E-state index < -0.39 is 148 Å². The number of nitrogen functional groups attached to an aromatic ring is 3. The lowest BCUT2D eigenvalue weighted by atomic mass is 9.99. The molecule has 5 unspecified atom stereocenters. The summed E-state index contributed by atoms with van der Waals surface area (Å²) in [5.41, 5.74) is 15.5. The van der Waals surface area contributed by atoms with Crippen LogP contribution in [0.15, 0.2) is 34.9 Å². The fourth-order valence-corrected chi connectivity index (χ4v) is 13.3. The number of methoxy groups -OCH3 is 1. The predicted octanol–water partition coefficient (Wildman–Crippen LogP) is -4.10. The van der Waals surface area contributed by atoms with Crippen molar-refractivity contribution in [3.05, 3.63) is 46.0 Å². The average Bonchev–Trinajstić information content (AvgIpc) is 4.23. The number of imidazole rings is 3. The first kappa shape index (κ1) is 58.8. The van der Waals surface area contributed by atoms with Crippen molar-refractivity contribution in [3.63, 3.8) is 0 Å². The first-order chi connectivity index (χ1) is 37.6. The van der Waals surface area contributed by atoms with Crippen molar-refractivity contribution in [2.45, 2.75) is 67.5 Å². The molecule has 16 N–H and O–H groups in total. The maximum absolute atomic E-state index is 13.7. The average molecular weight is 1220 g/mol. The Kier molecular flexibility index (Phi) is 16.5. The second-order valence-corrected chi connectivity index (χ2v) is 23.5. The highest BCUT2D eigenvalue weighted by molar-refractivity contribution is 7.66. The minimum atomic E-state index is -6.25. The summed E-state index contributed by atoms with van der Waals surface area (Å²) in [7, 11) is -19.9. The van der Waals surface area contributed by atoms with Crippen LogP contribution < -0.4 is 38.2 Å². The molecule has 6 aromatic heterocycles. The molecule has 3 aliphatic rings. The number of nitrogens with two attached hydrogens (primary N) is 3. The van der Waals surface area contributed by atoms with E-state index in [1.165, 1.54) is 34.1 Å². The van der Waals surface area contributed by atoms with Gasteiger partial charge in [0.05, 0.1) is 51.5 Å². The zero-order valence-corrected chi connectivity index (χ0v) is 44.6. The second kappa shape index (κ2) is 22.5. The van der Waals surface area contributed by atoms with Crippen LogP contribution >= 0.6 is 31.3 Å². The Balaban J connectivity index is 0.876. The maximum atomic E-state index is 13.7. The van der Waals surface area contributed by atoms with E-state index >= 15 is 0 Å². The van der Waals surface area contributed by atoms with E-state index in [2.05, 4.69) is 53.8 Å². The molecule has 3 fully saturated rings. The summed E-state index contributed by atoms with van der Waals surface area (Å²) in [6, 6.07) is 0. The molecule has 3 aliphatic heterocycles. The number of aromatic nitrogens is 12. The van der Waals surface area contributed by atoms with Gasteiger partial charge in [-0.3, -0.25) is 51.4 Å². The smallest absolute Gasteiger partial charge is 0.449 e. The number of H-pyrrole nitrogens is 2. The highest BCUT2D eigenvalue weighted by atomic mass is 31.3. The number of hydrogen-bond donors (Lipinski definition) is 13. The van der Waals surface area contributed by atoms with Gasteiger partial charge in [-0.2, -0.15) is 13.6 Å². The fourth-order valence-electron chi connectivity index (χ4n) is 8.83. The lowest BCUT2D eigenvalue weighted by Gasteiger charge is -2.26. The lowest BCUT2D eigenvalue weighted by Crippen LogP contribution is -2.45. The number of carbonyl (C=O) groups is 1. The molecule has 45 heteroatoms. The van der Waals surface area contributed by atoms with Gasteiger partial charge in [0, 0.05) is 14.2 Å². The van der Waals surface area contributed by atoms with Gasteiger partial charge in [0.25, 0.3) is 17.1 Å². The minimum absolute atomic E-state index is 0.000203. The van der Waals surface area contributed by atoms with Gasteiger partial charge in [-0.15, -0.1) is 0 Å². The van der Waals surface area contributed by atoms with Gasteiger partial charge in [-0.25, -0.2) is 47.6 Å². The van der Waals surface area contributed by atoms with Crippen LogP contribution in [0.2, 0.25) is 0 Å². The number of aliphatic hydroxyl groups excluding tert-OH is 3. The Hall–Kier alpha value is -5.84. The standard InChI is InChI=1S/C35H48N16O25P4/c1-39-35(57)67-4-12-13(71-30(19(12)52)51-11-48(2)18-27(51)45-34(38)47-29(18)56)5-69-78(60,61)75-80(64,65)76-79(62,63)70-7-15-22(23(66-3)32(73-15)49-9-42-16-24(36)40-8-41-25(16)49)74-77(58,59)68-6-14-20(53)21(54)31(72-14)50-10-43-17-26(50)44-33(37)46-28(17)55/h8-15,19-23,30-32,52-54H,4-7H2,1-3H3,(H12-,36,37,38,39,40,41,44,45,46,47,55,56,57,58,59,60,61,62,63,64,65)/p+1/t12-,13-,14-,15?,19-,20-,21-,22-,23-,30-,31-,32-/m1/s1. The summed E-state index contributed by atoms with van der Waals surface area (Å²) in [4.78, 5) is 109. The summed E-state index contributed by atoms with van der Waals surface area (Å²) in [6.07, 6.45) is -14.6. The third-order valence-corrected chi connectivity index (χ3v) is 17.6. The molecular weight excluding hydrogens is 1170 g/mol. The molecule has 0 spiro atoms. The molecule has 6 aromatic rings. The summed E-state index contributed by atoms with van der Waals surface area (Å²) >= 11 is 0. The molecule has 0 aromatic carbocycles. The van der Waals surface area contributed by atoms with Gasteiger partial charge in [0.15, 0.2) is 41.4 Å². The van der Waals surface area contributed by atoms with E-state index in [-0.39, 0.29) is 51.2 Å². The molecule has 438 valence electrons. The van der Waals surface area contributed by atoms with E-state index in [1.54, 1.807) is 0 Å². The van der Waals surface area contributed by atoms with Gasteiger partial charge < -0.3 is 81.1 Å². The van der Waals surface area contributed by atoms with Crippen LogP contribution in [0.4, 0.5) is 22.5 Å². The van der Waals surface area contributed by atoms with E-state index in [9.17, 15) is 67.5 Å². The van der Waals surface area contributed by atoms with Crippen LogP contribution in [-0.2, 0) is 75.7 Å².